The lowest BCUT2D eigenvalue weighted by Crippen LogP contribution is -2.44. The molecule has 1 N–H and O–H groups in total. The third-order valence-electron chi connectivity index (χ3n) is 2.77. The number of halogens is 2. The van der Waals surface area contributed by atoms with E-state index in [2.05, 4.69) is 5.32 Å². The van der Waals surface area contributed by atoms with Gasteiger partial charge in [-0.2, -0.15) is 0 Å². The molecule has 17 heavy (non-hydrogen) atoms. The van der Waals surface area contributed by atoms with Crippen LogP contribution in [0.15, 0.2) is 17.0 Å². The van der Waals surface area contributed by atoms with Crippen LogP contribution < -0.4 is 10.2 Å². The minimum Gasteiger partial charge on any atom is -0.367 e. The molecule has 1 aromatic rings. The van der Waals surface area contributed by atoms with Crippen LogP contribution in [0.2, 0.25) is 0 Å². The van der Waals surface area contributed by atoms with Crippen molar-refractivity contribution >= 4 is 16.5 Å². The molecule has 0 spiro atoms. The summed E-state index contributed by atoms with van der Waals surface area (Å²) in [5.74, 6) is -1.35. The van der Waals surface area contributed by atoms with Crippen LogP contribution in [0.3, 0.4) is 0 Å². The Morgan fingerprint density at radius 1 is 1.24 bits per heavy atom. The maximum Gasteiger partial charge on any atom is 0.149 e. The van der Waals surface area contributed by atoms with Crippen LogP contribution in [-0.2, 0) is 10.8 Å². The van der Waals surface area contributed by atoms with Gasteiger partial charge in [0.15, 0.2) is 0 Å². The number of rotatable bonds is 2. The number of hydrogen-bond donors (Lipinski definition) is 1. The minimum atomic E-state index is -1.45. The highest BCUT2D eigenvalue weighted by molar-refractivity contribution is 7.84. The summed E-state index contributed by atoms with van der Waals surface area (Å²) < 4.78 is 38.4. The zero-order valence-electron chi connectivity index (χ0n) is 9.50. The lowest BCUT2D eigenvalue weighted by atomic mass is 10.2. The van der Waals surface area contributed by atoms with E-state index in [4.69, 9.17) is 0 Å². The van der Waals surface area contributed by atoms with Gasteiger partial charge in [0, 0.05) is 38.5 Å². The summed E-state index contributed by atoms with van der Waals surface area (Å²) in [6.45, 7) is 2.86. The van der Waals surface area contributed by atoms with Crippen LogP contribution in [0.25, 0.3) is 0 Å². The van der Waals surface area contributed by atoms with E-state index in [1.54, 1.807) is 0 Å². The Morgan fingerprint density at radius 3 is 2.47 bits per heavy atom. The first-order chi connectivity index (χ1) is 8.09. The fourth-order valence-corrected chi connectivity index (χ4v) is 2.50. The average Bonchev–Trinajstić information content (AvgIpc) is 2.29. The van der Waals surface area contributed by atoms with Crippen molar-refractivity contribution in [3.63, 3.8) is 0 Å². The van der Waals surface area contributed by atoms with Gasteiger partial charge >= 0.3 is 0 Å². The predicted molar refractivity (Wildman–Crippen MR) is 63.8 cm³/mol. The van der Waals surface area contributed by atoms with Gasteiger partial charge in [0.1, 0.15) is 11.6 Å². The normalized spacial score (nSPS) is 18.2. The smallest absolute Gasteiger partial charge is 0.149 e. The molecule has 3 nitrogen and oxygen atoms in total. The van der Waals surface area contributed by atoms with E-state index in [1.807, 2.05) is 4.90 Å². The molecular formula is C11H14F2N2OS. The van der Waals surface area contributed by atoms with Crippen LogP contribution >= 0.6 is 0 Å². The molecule has 2 rings (SSSR count). The first-order valence-corrected chi connectivity index (χ1v) is 6.93. The highest BCUT2D eigenvalue weighted by atomic mass is 32.2. The number of anilines is 1. The van der Waals surface area contributed by atoms with Crippen LogP contribution in [-0.4, -0.2) is 36.6 Å². The summed E-state index contributed by atoms with van der Waals surface area (Å²) in [5.41, 5.74) is 0.332. The van der Waals surface area contributed by atoms with Gasteiger partial charge in [-0.1, -0.05) is 0 Å². The Balaban J connectivity index is 2.38. The Hall–Kier alpha value is -1.01. The number of benzene rings is 1. The van der Waals surface area contributed by atoms with E-state index in [-0.39, 0.29) is 4.90 Å². The second-order valence-corrected chi connectivity index (χ2v) is 5.27. The quantitative estimate of drug-likeness (QED) is 0.864. The molecule has 1 aromatic carbocycles. The second kappa shape index (κ2) is 5.10. The zero-order chi connectivity index (χ0) is 12.4. The zero-order valence-corrected chi connectivity index (χ0v) is 10.3. The molecule has 1 atom stereocenters. The molecule has 1 aliphatic rings. The molecule has 94 valence electrons. The van der Waals surface area contributed by atoms with Crippen molar-refractivity contribution in [3.8, 4) is 0 Å². The van der Waals surface area contributed by atoms with Gasteiger partial charge in [0.2, 0.25) is 0 Å². The fourth-order valence-electron chi connectivity index (χ4n) is 1.89. The number of nitrogens with one attached hydrogen (secondary N) is 1. The van der Waals surface area contributed by atoms with Crippen LogP contribution in [0.4, 0.5) is 14.5 Å². The molecule has 0 aromatic heterocycles. The number of piperazine rings is 1. The molecule has 0 saturated carbocycles. The van der Waals surface area contributed by atoms with Crippen LogP contribution in [0, 0.1) is 11.6 Å². The van der Waals surface area contributed by atoms with Crippen molar-refractivity contribution in [2.24, 2.45) is 0 Å². The second-order valence-electron chi connectivity index (χ2n) is 3.93. The van der Waals surface area contributed by atoms with E-state index in [9.17, 15) is 13.0 Å². The molecule has 1 aliphatic heterocycles. The van der Waals surface area contributed by atoms with E-state index in [0.717, 1.165) is 19.2 Å². The molecule has 0 aliphatic carbocycles. The molecule has 0 radical (unpaired) electrons. The number of hydrogen-bond acceptors (Lipinski definition) is 3. The standard InChI is InChI=1S/C11H14F2N2OS/c1-17(16)11-7-10(8(12)6-9(11)13)15-4-2-14-3-5-15/h6-7,14H,2-5H2,1H3. The molecule has 0 amide bonds. The lowest BCUT2D eigenvalue weighted by molar-refractivity contribution is 0.543. The fraction of sp³-hybridized carbons (Fsp3) is 0.455. The highest BCUT2D eigenvalue weighted by Gasteiger charge is 2.18. The van der Waals surface area contributed by atoms with Gasteiger partial charge in [-0.15, -0.1) is 0 Å². The minimum absolute atomic E-state index is 0.0555. The summed E-state index contributed by atoms with van der Waals surface area (Å²) in [6.07, 6.45) is 1.39. The largest absolute Gasteiger partial charge is 0.367 e. The van der Waals surface area contributed by atoms with Gasteiger partial charge in [-0.05, 0) is 6.07 Å². The van der Waals surface area contributed by atoms with Crippen molar-refractivity contribution in [2.75, 3.05) is 37.3 Å². The van der Waals surface area contributed by atoms with Gasteiger partial charge in [0.25, 0.3) is 0 Å². The molecule has 1 saturated heterocycles. The molecule has 1 fully saturated rings. The van der Waals surface area contributed by atoms with E-state index < -0.39 is 22.4 Å². The Morgan fingerprint density at radius 2 is 1.88 bits per heavy atom. The first kappa shape index (κ1) is 12.4. The molecule has 6 heteroatoms. The third-order valence-corrected chi connectivity index (χ3v) is 3.70. The van der Waals surface area contributed by atoms with Crippen molar-refractivity contribution in [1.29, 1.82) is 0 Å². The Bertz CT molecular complexity index is 447. The highest BCUT2D eigenvalue weighted by Crippen LogP contribution is 2.25. The van der Waals surface area contributed by atoms with Crippen molar-refractivity contribution in [1.82, 2.24) is 5.32 Å². The molecule has 1 unspecified atom stereocenters. The number of nitrogens with zero attached hydrogens (tertiary/aromatic N) is 1. The maximum absolute atomic E-state index is 13.7. The van der Waals surface area contributed by atoms with Crippen molar-refractivity contribution in [3.05, 3.63) is 23.8 Å². The summed E-state index contributed by atoms with van der Waals surface area (Å²) in [5, 5.41) is 3.15. The topological polar surface area (TPSA) is 32.3 Å². The first-order valence-electron chi connectivity index (χ1n) is 5.37. The van der Waals surface area contributed by atoms with Crippen LogP contribution in [0.5, 0.6) is 0 Å². The molecule has 0 bridgehead atoms. The summed E-state index contributed by atoms with van der Waals surface area (Å²) in [4.78, 5) is 1.89. The predicted octanol–water partition coefficient (Wildman–Crippen LogP) is 1.11. The maximum atomic E-state index is 13.7. The lowest BCUT2D eigenvalue weighted by Gasteiger charge is -2.30. The Labute approximate surface area is 101 Å². The van der Waals surface area contributed by atoms with Crippen molar-refractivity contribution < 1.29 is 13.0 Å². The monoisotopic (exact) mass is 260 g/mol. The van der Waals surface area contributed by atoms with Gasteiger partial charge in [-0.3, -0.25) is 4.21 Å². The van der Waals surface area contributed by atoms with E-state index in [1.165, 1.54) is 12.3 Å². The van der Waals surface area contributed by atoms with E-state index >= 15 is 0 Å². The molecular weight excluding hydrogens is 246 g/mol. The van der Waals surface area contributed by atoms with Gasteiger partial charge in [0.05, 0.1) is 21.4 Å². The Kier molecular flexibility index (Phi) is 3.73. The summed E-state index contributed by atoms with van der Waals surface area (Å²) in [6, 6.07) is 2.17. The van der Waals surface area contributed by atoms with Gasteiger partial charge < -0.3 is 10.2 Å². The van der Waals surface area contributed by atoms with Crippen molar-refractivity contribution in [2.45, 2.75) is 4.90 Å². The molecule has 1 heterocycles. The van der Waals surface area contributed by atoms with E-state index in [0.29, 0.717) is 18.8 Å². The average molecular weight is 260 g/mol. The SMILES string of the molecule is CS(=O)c1cc(N2CCNCC2)c(F)cc1F. The van der Waals surface area contributed by atoms with Crippen LogP contribution in [0.1, 0.15) is 0 Å². The summed E-state index contributed by atoms with van der Waals surface area (Å²) >= 11 is 0. The third kappa shape index (κ3) is 2.63. The van der Waals surface area contributed by atoms with Gasteiger partial charge in [-0.25, -0.2) is 8.78 Å². The summed E-state index contributed by atoms with van der Waals surface area (Å²) in [7, 11) is -1.45.